The van der Waals surface area contributed by atoms with Crippen LogP contribution in [0.5, 0.6) is 0 Å². The average molecular weight is 319 g/mol. The first-order chi connectivity index (χ1) is 10.9. The third-order valence-electron chi connectivity index (χ3n) is 3.63. The molecule has 0 saturated heterocycles. The highest BCUT2D eigenvalue weighted by atomic mass is 19.1. The van der Waals surface area contributed by atoms with Gasteiger partial charge in [0.2, 0.25) is 5.91 Å². The summed E-state index contributed by atoms with van der Waals surface area (Å²) in [6.45, 7) is 1.79. The number of aliphatic hydroxyl groups is 1. The summed E-state index contributed by atoms with van der Waals surface area (Å²) in [6.07, 6.45) is 0.161. The fourth-order valence-corrected chi connectivity index (χ4v) is 2.34. The number of nitrogens with one attached hydrogen (secondary N) is 1. The topological polar surface area (TPSA) is 49.3 Å². The van der Waals surface area contributed by atoms with E-state index < -0.39 is 17.2 Å². The number of hydrogen-bond donors (Lipinski definition) is 2. The van der Waals surface area contributed by atoms with Crippen molar-refractivity contribution in [2.75, 3.05) is 6.54 Å². The Morgan fingerprint density at radius 1 is 1.17 bits per heavy atom. The molecule has 0 aliphatic rings. The molecule has 0 heterocycles. The van der Waals surface area contributed by atoms with E-state index in [1.54, 1.807) is 31.2 Å². The minimum absolute atomic E-state index is 0.0943. The molecule has 1 atom stereocenters. The summed E-state index contributed by atoms with van der Waals surface area (Å²) < 4.78 is 26.3. The van der Waals surface area contributed by atoms with Gasteiger partial charge in [-0.15, -0.1) is 0 Å². The minimum atomic E-state index is -1.27. The number of carbonyl (C=O) groups excluding carboxylic acids is 1. The number of rotatable bonds is 6. The van der Waals surface area contributed by atoms with Crippen LogP contribution in [-0.4, -0.2) is 17.6 Å². The zero-order valence-corrected chi connectivity index (χ0v) is 12.9. The normalized spacial score (nSPS) is 13.4. The van der Waals surface area contributed by atoms with Crippen molar-refractivity contribution in [3.05, 3.63) is 71.3 Å². The number of halogens is 2. The second-order valence-electron chi connectivity index (χ2n) is 5.65. The lowest BCUT2D eigenvalue weighted by Gasteiger charge is -2.23. The Bertz CT molecular complexity index is 672. The maximum absolute atomic E-state index is 13.5. The summed E-state index contributed by atoms with van der Waals surface area (Å²) in [5, 5.41) is 13.0. The third kappa shape index (κ3) is 4.86. The Hall–Kier alpha value is -2.27. The van der Waals surface area contributed by atoms with Crippen molar-refractivity contribution in [1.29, 1.82) is 0 Å². The monoisotopic (exact) mass is 319 g/mol. The molecule has 0 spiro atoms. The first-order valence-electron chi connectivity index (χ1n) is 7.37. The lowest BCUT2D eigenvalue weighted by molar-refractivity contribution is -0.125. The highest BCUT2D eigenvalue weighted by Gasteiger charge is 2.26. The Kier molecular flexibility index (Phi) is 5.45. The second kappa shape index (κ2) is 7.33. The van der Waals surface area contributed by atoms with Crippen molar-refractivity contribution in [1.82, 2.24) is 5.32 Å². The van der Waals surface area contributed by atoms with Crippen LogP contribution in [-0.2, 0) is 16.8 Å². The summed E-state index contributed by atoms with van der Waals surface area (Å²) in [6, 6.07) is 12.3. The highest BCUT2D eigenvalue weighted by Crippen LogP contribution is 2.23. The van der Waals surface area contributed by atoms with Gasteiger partial charge >= 0.3 is 0 Å². The molecule has 0 saturated carbocycles. The van der Waals surface area contributed by atoms with Gasteiger partial charge in [-0.05, 0) is 30.5 Å². The molecule has 0 aliphatic heterocycles. The Balaban J connectivity index is 1.85. The maximum Gasteiger partial charge on any atom is 0.223 e. The molecule has 1 amide bonds. The SMILES string of the molecule is C[C@](O)(CC(=O)NCCc1ccc(F)cc1F)c1ccccc1. The summed E-state index contributed by atoms with van der Waals surface area (Å²) in [4.78, 5) is 11.9. The molecule has 0 aromatic heterocycles. The van der Waals surface area contributed by atoms with Gasteiger partial charge in [0.05, 0.1) is 12.0 Å². The Labute approximate surface area is 134 Å². The van der Waals surface area contributed by atoms with E-state index >= 15 is 0 Å². The molecule has 2 aromatic rings. The fourth-order valence-electron chi connectivity index (χ4n) is 2.34. The van der Waals surface area contributed by atoms with Crippen LogP contribution >= 0.6 is 0 Å². The van der Waals surface area contributed by atoms with Crippen LogP contribution in [0.2, 0.25) is 0 Å². The van der Waals surface area contributed by atoms with E-state index in [0.29, 0.717) is 11.1 Å². The number of amides is 1. The van der Waals surface area contributed by atoms with E-state index in [0.717, 1.165) is 6.07 Å². The van der Waals surface area contributed by atoms with Gasteiger partial charge in [-0.2, -0.15) is 0 Å². The Morgan fingerprint density at radius 2 is 1.87 bits per heavy atom. The predicted molar refractivity (Wildman–Crippen MR) is 83.7 cm³/mol. The van der Waals surface area contributed by atoms with E-state index in [9.17, 15) is 18.7 Å². The molecule has 2 N–H and O–H groups in total. The summed E-state index contributed by atoms with van der Waals surface area (Å²) in [5.74, 6) is -1.59. The van der Waals surface area contributed by atoms with Gasteiger partial charge in [0.1, 0.15) is 11.6 Å². The van der Waals surface area contributed by atoms with Crippen LogP contribution in [0.3, 0.4) is 0 Å². The van der Waals surface area contributed by atoms with Crippen molar-refractivity contribution in [3.63, 3.8) is 0 Å². The molecule has 0 radical (unpaired) electrons. The van der Waals surface area contributed by atoms with E-state index in [-0.39, 0.29) is 25.3 Å². The van der Waals surface area contributed by atoms with Crippen molar-refractivity contribution in [2.45, 2.75) is 25.4 Å². The van der Waals surface area contributed by atoms with Gasteiger partial charge in [-0.1, -0.05) is 36.4 Å². The zero-order valence-electron chi connectivity index (χ0n) is 12.9. The zero-order chi connectivity index (χ0) is 16.9. The molecule has 2 rings (SSSR count). The van der Waals surface area contributed by atoms with Gasteiger partial charge in [-0.3, -0.25) is 4.79 Å². The van der Waals surface area contributed by atoms with Crippen LogP contribution in [0, 0.1) is 11.6 Å². The van der Waals surface area contributed by atoms with Crippen molar-refractivity contribution in [3.8, 4) is 0 Å². The van der Waals surface area contributed by atoms with E-state index in [1.807, 2.05) is 6.07 Å². The second-order valence-corrected chi connectivity index (χ2v) is 5.65. The quantitative estimate of drug-likeness (QED) is 0.860. The van der Waals surface area contributed by atoms with Crippen LogP contribution in [0.25, 0.3) is 0 Å². The summed E-state index contributed by atoms with van der Waals surface area (Å²) in [5.41, 5.74) is -0.284. The van der Waals surface area contributed by atoms with E-state index in [4.69, 9.17) is 0 Å². The maximum atomic E-state index is 13.5. The molecule has 23 heavy (non-hydrogen) atoms. The predicted octanol–water partition coefficient (Wildman–Crippen LogP) is 2.92. The summed E-state index contributed by atoms with van der Waals surface area (Å²) in [7, 11) is 0. The first-order valence-corrected chi connectivity index (χ1v) is 7.37. The van der Waals surface area contributed by atoms with Crippen molar-refractivity contribution >= 4 is 5.91 Å². The van der Waals surface area contributed by atoms with Crippen LogP contribution < -0.4 is 5.32 Å². The van der Waals surface area contributed by atoms with Gasteiger partial charge in [0, 0.05) is 12.6 Å². The van der Waals surface area contributed by atoms with Gasteiger partial charge in [0.25, 0.3) is 0 Å². The molecule has 0 fully saturated rings. The first kappa shape index (κ1) is 17.1. The molecule has 3 nitrogen and oxygen atoms in total. The third-order valence-corrected chi connectivity index (χ3v) is 3.63. The fraction of sp³-hybridized carbons (Fsp3) is 0.278. The smallest absolute Gasteiger partial charge is 0.223 e. The average Bonchev–Trinajstić information content (AvgIpc) is 2.50. The molecular formula is C18H19F2NO2. The van der Waals surface area contributed by atoms with Crippen LogP contribution in [0.4, 0.5) is 8.78 Å². The molecule has 2 aromatic carbocycles. The van der Waals surface area contributed by atoms with Gasteiger partial charge < -0.3 is 10.4 Å². The molecule has 122 valence electrons. The van der Waals surface area contributed by atoms with Crippen molar-refractivity contribution in [2.24, 2.45) is 0 Å². The number of benzene rings is 2. The summed E-state index contributed by atoms with van der Waals surface area (Å²) >= 11 is 0. The molecule has 0 aliphatic carbocycles. The van der Waals surface area contributed by atoms with E-state index in [1.165, 1.54) is 12.1 Å². The van der Waals surface area contributed by atoms with Crippen LogP contribution in [0.1, 0.15) is 24.5 Å². The number of hydrogen-bond acceptors (Lipinski definition) is 2. The molecule has 5 heteroatoms. The van der Waals surface area contributed by atoms with Crippen molar-refractivity contribution < 1.29 is 18.7 Å². The van der Waals surface area contributed by atoms with E-state index in [2.05, 4.69) is 5.32 Å². The number of carbonyl (C=O) groups is 1. The van der Waals surface area contributed by atoms with Gasteiger partial charge in [0.15, 0.2) is 0 Å². The van der Waals surface area contributed by atoms with Crippen LogP contribution in [0.15, 0.2) is 48.5 Å². The minimum Gasteiger partial charge on any atom is -0.385 e. The lowest BCUT2D eigenvalue weighted by Crippen LogP contribution is -2.33. The largest absolute Gasteiger partial charge is 0.385 e. The lowest BCUT2D eigenvalue weighted by atomic mass is 9.92. The highest BCUT2D eigenvalue weighted by molar-refractivity contribution is 5.77. The molecular weight excluding hydrogens is 300 g/mol. The Morgan fingerprint density at radius 3 is 2.52 bits per heavy atom. The molecule has 0 unspecified atom stereocenters. The molecule has 0 bridgehead atoms. The van der Waals surface area contributed by atoms with Gasteiger partial charge in [-0.25, -0.2) is 8.78 Å². The standard InChI is InChI=1S/C18H19F2NO2/c1-18(23,14-5-3-2-4-6-14)12-17(22)21-10-9-13-7-8-15(19)11-16(13)20/h2-8,11,23H,9-10,12H2,1H3,(H,21,22)/t18-/m0/s1.